The lowest BCUT2D eigenvalue weighted by atomic mass is 10.2. The van der Waals surface area contributed by atoms with Crippen LogP contribution in [0.4, 0.5) is 0 Å². The molecule has 17 heavy (non-hydrogen) atoms. The van der Waals surface area contributed by atoms with E-state index in [9.17, 15) is 14.7 Å². The fourth-order valence-electron chi connectivity index (χ4n) is 0.952. The second kappa shape index (κ2) is 10.0. The van der Waals surface area contributed by atoms with Gasteiger partial charge in [0, 0.05) is 7.11 Å². The van der Waals surface area contributed by atoms with Gasteiger partial charge in [0.1, 0.15) is 6.61 Å². The maximum atomic E-state index is 11.1. The van der Waals surface area contributed by atoms with E-state index in [1.165, 1.54) is 7.11 Å². The van der Waals surface area contributed by atoms with Gasteiger partial charge in [-0.2, -0.15) is 0 Å². The minimum absolute atomic E-state index is 0.0529. The highest BCUT2D eigenvalue weighted by atomic mass is 16.6. The number of unbranched alkanes of at least 4 members (excludes halogenated alkanes) is 1. The summed E-state index contributed by atoms with van der Waals surface area (Å²) in [5.41, 5.74) is 0. The molecule has 1 atom stereocenters. The number of aliphatic hydroxyl groups excluding tert-OH is 1. The predicted molar refractivity (Wildman–Crippen MR) is 59.3 cm³/mol. The van der Waals surface area contributed by atoms with Gasteiger partial charge < -0.3 is 19.3 Å². The number of ether oxygens (including phenoxy) is 3. The van der Waals surface area contributed by atoms with Crippen LogP contribution < -0.4 is 0 Å². The number of carbonyl (C=O) groups is 2. The summed E-state index contributed by atoms with van der Waals surface area (Å²) in [7, 11) is 1.47. The van der Waals surface area contributed by atoms with Gasteiger partial charge in [0.25, 0.3) is 0 Å². The Balaban J connectivity index is 3.71. The van der Waals surface area contributed by atoms with Crippen LogP contribution in [0.15, 0.2) is 0 Å². The van der Waals surface area contributed by atoms with Crippen LogP contribution in [0.1, 0.15) is 26.2 Å². The van der Waals surface area contributed by atoms with Crippen molar-refractivity contribution in [3.05, 3.63) is 0 Å². The summed E-state index contributed by atoms with van der Waals surface area (Å²) in [4.78, 5) is 22.3. The SMILES string of the molecule is CCCCOC(=O)CC(O)C(=O)OCCOC. The molecule has 0 fully saturated rings. The number of rotatable bonds is 9. The Morgan fingerprint density at radius 1 is 1.18 bits per heavy atom. The zero-order valence-electron chi connectivity index (χ0n) is 10.3. The predicted octanol–water partition coefficient (Wildman–Crippen LogP) is 0.270. The molecule has 1 unspecified atom stereocenters. The standard InChI is InChI=1S/C11H20O6/c1-3-4-5-16-10(13)8-9(12)11(14)17-7-6-15-2/h9,12H,3-8H2,1-2H3. The van der Waals surface area contributed by atoms with Crippen LogP contribution in [-0.4, -0.2) is 50.1 Å². The van der Waals surface area contributed by atoms with E-state index in [1.54, 1.807) is 0 Å². The largest absolute Gasteiger partial charge is 0.466 e. The van der Waals surface area contributed by atoms with Crippen LogP contribution in [0.2, 0.25) is 0 Å². The lowest BCUT2D eigenvalue weighted by molar-refractivity contribution is -0.161. The lowest BCUT2D eigenvalue weighted by Gasteiger charge is -2.10. The molecule has 1 N–H and O–H groups in total. The van der Waals surface area contributed by atoms with Crippen molar-refractivity contribution in [3.8, 4) is 0 Å². The van der Waals surface area contributed by atoms with E-state index >= 15 is 0 Å². The monoisotopic (exact) mass is 248 g/mol. The van der Waals surface area contributed by atoms with Crippen molar-refractivity contribution >= 4 is 11.9 Å². The third kappa shape index (κ3) is 8.65. The quantitative estimate of drug-likeness (QED) is 0.466. The molecular formula is C11H20O6. The molecule has 0 aromatic heterocycles. The Kier molecular flexibility index (Phi) is 9.37. The van der Waals surface area contributed by atoms with Gasteiger partial charge in [0.15, 0.2) is 6.10 Å². The van der Waals surface area contributed by atoms with Crippen LogP contribution >= 0.6 is 0 Å². The Bertz CT molecular complexity index is 228. The Morgan fingerprint density at radius 3 is 2.47 bits per heavy atom. The van der Waals surface area contributed by atoms with Gasteiger partial charge in [-0.15, -0.1) is 0 Å². The average Bonchev–Trinajstić information content (AvgIpc) is 2.29. The summed E-state index contributed by atoms with van der Waals surface area (Å²) < 4.78 is 14.1. The average molecular weight is 248 g/mol. The first-order valence-corrected chi connectivity index (χ1v) is 5.61. The molecule has 0 bridgehead atoms. The van der Waals surface area contributed by atoms with E-state index in [0.29, 0.717) is 6.61 Å². The molecule has 0 aliphatic carbocycles. The van der Waals surface area contributed by atoms with Crippen LogP contribution in [0, 0.1) is 0 Å². The van der Waals surface area contributed by atoms with Crippen LogP contribution in [0.3, 0.4) is 0 Å². The Labute approximate surface area is 101 Å². The molecule has 0 heterocycles. The minimum atomic E-state index is -1.47. The van der Waals surface area contributed by atoms with Crippen molar-refractivity contribution in [2.75, 3.05) is 26.9 Å². The van der Waals surface area contributed by atoms with Crippen molar-refractivity contribution in [2.24, 2.45) is 0 Å². The molecule has 0 aliphatic rings. The third-order valence-electron chi connectivity index (χ3n) is 1.92. The number of aliphatic hydroxyl groups is 1. The number of esters is 2. The Morgan fingerprint density at radius 2 is 1.88 bits per heavy atom. The smallest absolute Gasteiger partial charge is 0.335 e. The highest BCUT2D eigenvalue weighted by Crippen LogP contribution is 1.99. The van der Waals surface area contributed by atoms with Gasteiger partial charge >= 0.3 is 11.9 Å². The zero-order valence-corrected chi connectivity index (χ0v) is 10.3. The molecule has 0 aliphatic heterocycles. The van der Waals surface area contributed by atoms with Crippen molar-refractivity contribution in [2.45, 2.75) is 32.3 Å². The number of methoxy groups -OCH3 is 1. The number of hydrogen-bond donors (Lipinski definition) is 1. The summed E-state index contributed by atoms with van der Waals surface area (Å²) in [6, 6.07) is 0. The molecule has 100 valence electrons. The summed E-state index contributed by atoms with van der Waals surface area (Å²) in [6.07, 6.45) is -0.175. The van der Waals surface area contributed by atoms with E-state index in [-0.39, 0.29) is 19.6 Å². The van der Waals surface area contributed by atoms with Crippen molar-refractivity contribution in [1.29, 1.82) is 0 Å². The van der Waals surface area contributed by atoms with Crippen LogP contribution in [0.25, 0.3) is 0 Å². The normalized spacial score (nSPS) is 11.9. The fraction of sp³-hybridized carbons (Fsp3) is 0.818. The van der Waals surface area contributed by atoms with E-state index in [4.69, 9.17) is 4.74 Å². The van der Waals surface area contributed by atoms with E-state index in [1.807, 2.05) is 6.92 Å². The molecule has 0 saturated carbocycles. The van der Waals surface area contributed by atoms with Gasteiger partial charge in [0.2, 0.25) is 0 Å². The summed E-state index contributed by atoms with van der Waals surface area (Å²) in [6.45, 7) is 2.58. The first-order valence-electron chi connectivity index (χ1n) is 5.61. The first kappa shape index (κ1) is 15.9. The minimum Gasteiger partial charge on any atom is -0.466 e. The van der Waals surface area contributed by atoms with Gasteiger partial charge in [-0.05, 0) is 6.42 Å². The molecule has 0 aromatic carbocycles. The van der Waals surface area contributed by atoms with E-state index < -0.39 is 18.0 Å². The number of carbonyl (C=O) groups excluding carboxylic acids is 2. The van der Waals surface area contributed by atoms with Gasteiger partial charge in [-0.3, -0.25) is 4.79 Å². The van der Waals surface area contributed by atoms with Crippen molar-refractivity contribution in [1.82, 2.24) is 0 Å². The zero-order chi connectivity index (χ0) is 13.1. The highest BCUT2D eigenvalue weighted by Gasteiger charge is 2.21. The third-order valence-corrected chi connectivity index (χ3v) is 1.92. The van der Waals surface area contributed by atoms with Gasteiger partial charge in [-0.25, -0.2) is 4.79 Å². The molecule has 0 radical (unpaired) electrons. The van der Waals surface area contributed by atoms with Crippen molar-refractivity contribution < 1.29 is 28.9 Å². The second-order valence-electron chi connectivity index (χ2n) is 3.45. The highest BCUT2D eigenvalue weighted by molar-refractivity contribution is 5.81. The first-order chi connectivity index (χ1) is 8.11. The second-order valence-corrected chi connectivity index (χ2v) is 3.45. The maximum absolute atomic E-state index is 11.1. The van der Waals surface area contributed by atoms with E-state index in [0.717, 1.165) is 12.8 Å². The van der Waals surface area contributed by atoms with E-state index in [2.05, 4.69) is 9.47 Å². The van der Waals surface area contributed by atoms with Crippen LogP contribution in [0.5, 0.6) is 0 Å². The molecule has 0 saturated heterocycles. The Hall–Kier alpha value is -1.14. The van der Waals surface area contributed by atoms with Crippen molar-refractivity contribution in [3.63, 3.8) is 0 Å². The molecule has 0 amide bonds. The summed E-state index contributed by atoms with van der Waals surface area (Å²) in [5.74, 6) is -1.44. The molecule has 6 nitrogen and oxygen atoms in total. The summed E-state index contributed by atoms with van der Waals surface area (Å²) >= 11 is 0. The maximum Gasteiger partial charge on any atom is 0.335 e. The number of hydrogen-bond acceptors (Lipinski definition) is 6. The lowest BCUT2D eigenvalue weighted by Crippen LogP contribution is -2.28. The molecule has 0 spiro atoms. The van der Waals surface area contributed by atoms with Gasteiger partial charge in [-0.1, -0.05) is 13.3 Å². The summed E-state index contributed by atoms with van der Waals surface area (Å²) in [5, 5.41) is 9.33. The fourth-order valence-corrected chi connectivity index (χ4v) is 0.952. The molecular weight excluding hydrogens is 228 g/mol. The molecule has 6 heteroatoms. The molecule has 0 aromatic rings. The molecule has 0 rings (SSSR count). The topological polar surface area (TPSA) is 82.1 Å². The van der Waals surface area contributed by atoms with Gasteiger partial charge in [0.05, 0.1) is 19.6 Å². The van der Waals surface area contributed by atoms with Crippen LogP contribution in [-0.2, 0) is 23.8 Å².